The van der Waals surface area contributed by atoms with Gasteiger partial charge in [-0.3, -0.25) is 9.59 Å². The predicted molar refractivity (Wildman–Crippen MR) is 156 cm³/mol. The van der Waals surface area contributed by atoms with Gasteiger partial charge in [-0.2, -0.15) is 0 Å². The number of aliphatic hydroxyl groups excluding tert-OH is 1. The zero-order valence-electron chi connectivity index (χ0n) is 21.8. The van der Waals surface area contributed by atoms with Gasteiger partial charge in [0.05, 0.1) is 37.4 Å². The lowest BCUT2D eigenvalue weighted by atomic mass is 9.82. The van der Waals surface area contributed by atoms with Crippen LogP contribution >= 0.6 is 34.2 Å². The monoisotopic (exact) mass is 670 g/mol. The van der Waals surface area contributed by atoms with E-state index in [1.165, 1.54) is 0 Å². The van der Waals surface area contributed by atoms with Crippen molar-refractivity contribution in [2.24, 2.45) is 5.92 Å². The molecule has 0 aromatic heterocycles. The number of amides is 2. The third-order valence-electron chi connectivity index (χ3n) is 8.44. The summed E-state index contributed by atoms with van der Waals surface area (Å²) in [7, 11) is -3.39. The summed E-state index contributed by atoms with van der Waals surface area (Å²) in [6.07, 6.45) is 0.803. The molecular formula is C28H33ClFIN2O4Si. The highest BCUT2D eigenvalue weighted by atomic mass is 127. The number of halogens is 3. The first-order valence-corrected chi connectivity index (χ1v) is 17.5. The van der Waals surface area contributed by atoms with Gasteiger partial charge in [-0.1, -0.05) is 30.7 Å². The minimum atomic E-state index is -3.39. The molecule has 2 saturated heterocycles. The molecule has 5 rings (SSSR count). The number of ether oxygens (including phenoxy) is 1. The number of anilines is 1. The van der Waals surface area contributed by atoms with Gasteiger partial charge in [0.15, 0.2) is 5.60 Å². The van der Waals surface area contributed by atoms with Crippen LogP contribution in [-0.2, 0) is 26.5 Å². The predicted octanol–water partition coefficient (Wildman–Crippen LogP) is 5.64. The average Bonchev–Trinajstić information content (AvgIpc) is 3.50. The van der Waals surface area contributed by atoms with Crippen LogP contribution in [-0.4, -0.2) is 55.5 Å². The highest BCUT2D eigenvalue weighted by Gasteiger charge is 2.67. The molecular weight excluding hydrogens is 638 g/mol. The molecule has 1 spiro atoms. The molecule has 6 nitrogen and oxygen atoms in total. The average molecular weight is 671 g/mol. The summed E-state index contributed by atoms with van der Waals surface area (Å²) in [5.74, 6) is -0.898. The Balaban J connectivity index is 1.54. The Morgan fingerprint density at radius 1 is 1.29 bits per heavy atom. The van der Waals surface area contributed by atoms with Crippen molar-refractivity contribution in [2.45, 2.75) is 69.1 Å². The molecule has 0 aliphatic carbocycles. The number of rotatable bonds is 6. The first kappa shape index (κ1) is 28.0. The zero-order valence-corrected chi connectivity index (χ0v) is 25.7. The molecule has 3 aliphatic heterocycles. The van der Waals surface area contributed by atoms with Crippen LogP contribution in [0, 0.1) is 9.49 Å². The Morgan fingerprint density at radius 2 is 2.05 bits per heavy atom. The van der Waals surface area contributed by atoms with Gasteiger partial charge in [0.25, 0.3) is 5.91 Å². The highest BCUT2D eigenvalue weighted by Crippen LogP contribution is 2.60. The summed E-state index contributed by atoms with van der Waals surface area (Å²) in [5.41, 5.74) is 0.321. The summed E-state index contributed by atoms with van der Waals surface area (Å²) in [6, 6.07) is 13.1. The second-order valence-electron chi connectivity index (χ2n) is 11.2. The van der Waals surface area contributed by atoms with Gasteiger partial charge in [0, 0.05) is 32.2 Å². The lowest BCUT2D eigenvalue weighted by molar-refractivity contribution is -0.150. The summed E-state index contributed by atoms with van der Waals surface area (Å²) < 4.78 is 23.8. The van der Waals surface area contributed by atoms with Gasteiger partial charge >= 0.3 is 0 Å². The minimum absolute atomic E-state index is 0.0202. The second kappa shape index (κ2) is 10.5. The van der Waals surface area contributed by atoms with Gasteiger partial charge in [-0.05, 0) is 84.4 Å². The van der Waals surface area contributed by atoms with Crippen LogP contribution in [0.25, 0.3) is 0 Å². The van der Waals surface area contributed by atoms with Gasteiger partial charge in [0.2, 0.25) is 14.3 Å². The fourth-order valence-electron chi connectivity index (χ4n) is 6.84. The third-order valence-corrected chi connectivity index (χ3v) is 11.8. The van der Waals surface area contributed by atoms with E-state index in [4.69, 9.17) is 16.3 Å². The van der Waals surface area contributed by atoms with E-state index in [1.54, 1.807) is 35.0 Å². The van der Waals surface area contributed by atoms with Gasteiger partial charge in [0.1, 0.15) is 0 Å². The Bertz CT molecular complexity index is 1260. The number of likely N-dealkylation sites (tertiary alicyclic amines) is 1. The van der Waals surface area contributed by atoms with Crippen molar-refractivity contribution in [2.75, 3.05) is 18.1 Å². The normalized spacial score (nSPS) is 29.0. The minimum Gasteiger partial charge on any atom is -0.394 e. The van der Waals surface area contributed by atoms with Crippen LogP contribution in [0.1, 0.15) is 37.3 Å². The van der Waals surface area contributed by atoms with Crippen LogP contribution in [0.2, 0.25) is 23.7 Å². The fourth-order valence-corrected chi connectivity index (χ4v) is 10.1. The van der Waals surface area contributed by atoms with E-state index >= 15 is 4.11 Å². The highest BCUT2D eigenvalue weighted by molar-refractivity contribution is 14.1. The number of aliphatic hydroxyl groups is 1. The van der Waals surface area contributed by atoms with Gasteiger partial charge in [-0.15, -0.1) is 0 Å². The molecule has 204 valence electrons. The van der Waals surface area contributed by atoms with Crippen molar-refractivity contribution in [3.8, 4) is 0 Å². The number of nitrogens with zero attached hydrogens (tertiary/aromatic N) is 2. The Morgan fingerprint density at radius 3 is 2.74 bits per heavy atom. The first-order valence-electron chi connectivity index (χ1n) is 13.1. The van der Waals surface area contributed by atoms with E-state index in [0.717, 1.165) is 22.0 Å². The maximum absolute atomic E-state index is 16.0. The van der Waals surface area contributed by atoms with Crippen LogP contribution in [0.5, 0.6) is 0 Å². The quantitative estimate of drug-likeness (QED) is 0.246. The van der Waals surface area contributed by atoms with E-state index < -0.39 is 31.6 Å². The van der Waals surface area contributed by atoms with Gasteiger partial charge in [-0.25, -0.2) is 0 Å². The maximum Gasteiger partial charge on any atom is 0.264 e. The smallest absolute Gasteiger partial charge is 0.264 e. The summed E-state index contributed by atoms with van der Waals surface area (Å²) in [6.45, 7) is 5.96. The van der Waals surface area contributed by atoms with Crippen LogP contribution in [0.15, 0.2) is 42.5 Å². The van der Waals surface area contributed by atoms with Gasteiger partial charge < -0.3 is 23.8 Å². The fraction of sp³-hybridized carbons (Fsp3) is 0.500. The molecule has 0 radical (unpaired) electrons. The third kappa shape index (κ3) is 4.72. The summed E-state index contributed by atoms with van der Waals surface area (Å²) >= 11 is 8.69. The molecule has 2 aromatic rings. The standard InChI is InChI=1S/C28H33ClFIN2O4Si/c1-17-26(38(2,3)30)24(14-25(35)32-11-5-8-21(32)16-34)37-28(17)22-13-19(29)9-10-23(22)33(27(28)36)15-18-6-4-7-20(31)12-18/h4,6-7,9-10,12-13,17,21,24,26,34H,5,8,11,14-16H2,1-3H3/t17-,21+,24+,26-,28+/m1/s1. The van der Waals surface area contributed by atoms with Crippen molar-refractivity contribution in [3.05, 3.63) is 62.2 Å². The Labute approximate surface area is 242 Å². The van der Waals surface area contributed by atoms with Crippen molar-refractivity contribution < 1.29 is 23.5 Å². The van der Waals surface area contributed by atoms with Crippen LogP contribution in [0.4, 0.5) is 9.80 Å². The number of carbonyl (C=O) groups is 2. The van der Waals surface area contributed by atoms with Crippen LogP contribution < -0.4 is 4.90 Å². The topological polar surface area (TPSA) is 70.1 Å². The molecule has 5 atom stereocenters. The number of hydrogen-bond donors (Lipinski definition) is 1. The Hall–Kier alpha value is -1.53. The number of carbonyl (C=O) groups excluding carboxylic acids is 2. The van der Waals surface area contributed by atoms with Crippen molar-refractivity contribution >= 4 is 60.1 Å². The molecule has 3 heterocycles. The molecule has 3 aliphatic rings. The molecule has 1 N–H and O–H groups in total. The lowest BCUT2D eigenvalue weighted by Crippen LogP contribution is -2.45. The van der Waals surface area contributed by atoms with E-state index in [1.807, 2.05) is 37.3 Å². The van der Waals surface area contributed by atoms with Crippen LogP contribution in [0.3, 0.4) is 0 Å². The second-order valence-corrected chi connectivity index (χ2v) is 16.7. The molecule has 0 bridgehead atoms. The Kier molecular flexibility index (Phi) is 7.71. The van der Waals surface area contributed by atoms with E-state index in [2.05, 4.69) is 22.6 Å². The number of fused-ring (bicyclic) bond motifs is 2. The first-order chi connectivity index (χ1) is 18.0. The number of benzene rings is 2. The summed E-state index contributed by atoms with van der Waals surface area (Å²) in [5, 5.41) is 10.2. The van der Waals surface area contributed by atoms with Crippen molar-refractivity contribution in [3.63, 3.8) is 0 Å². The van der Waals surface area contributed by atoms with E-state index in [9.17, 15) is 14.7 Å². The largest absolute Gasteiger partial charge is 0.394 e. The molecule has 0 unspecified atom stereocenters. The van der Waals surface area contributed by atoms with Crippen molar-refractivity contribution in [1.82, 2.24) is 4.90 Å². The molecule has 2 aromatic carbocycles. The van der Waals surface area contributed by atoms with E-state index in [0.29, 0.717) is 29.4 Å². The summed E-state index contributed by atoms with van der Waals surface area (Å²) in [4.78, 5) is 31.2. The maximum atomic E-state index is 16.0. The van der Waals surface area contributed by atoms with E-state index in [-0.39, 0.29) is 30.9 Å². The number of hydrogen-bond acceptors (Lipinski definition) is 4. The molecule has 38 heavy (non-hydrogen) atoms. The molecule has 2 amide bonds. The molecule has 10 heteroatoms. The lowest BCUT2D eigenvalue weighted by Gasteiger charge is -2.31. The van der Waals surface area contributed by atoms with Crippen molar-refractivity contribution in [1.29, 1.82) is 0 Å². The zero-order chi connectivity index (χ0) is 27.4. The molecule has 2 fully saturated rings. The SMILES string of the molecule is C[C@@H]1[C@@H]([Si](C)(C)F)[C@H](CC(=O)N2CCC[C@H]2CO)O[C@@]12C(=O)N(Cc1cccc(I)c1)c1ccc(Cl)cc12. The molecule has 0 saturated carbocycles.